The molecule has 19 heavy (non-hydrogen) atoms. The smallest absolute Gasteiger partial charge is 0.176 e. The minimum atomic E-state index is -0.0704. The second-order valence-corrected chi connectivity index (χ2v) is 4.87. The van der Waals surface area contributed by atoms with E-state index in [4.69, 9.17) is 23.2 Å². The highest BCUT2D eigenvalue weighted by Gasteiger charge is 2.18. The van der Waals surface area contributed by atoms with E-state index in [0.29, 0.717) is 22.3 Å². The lowest BCUT2D eigenvalue weighted by Gasteiger charge is -2.16. The molecule has 0 saturated heterocycles. The highest BCUT2D eigenvalue weighted by atomic mass is 35.5. The lowest BCUT2D eigenvalue weighted by atomic mass is 10.1. The highest BCUT2D eigenvalue weighted by Crippen LogP contribution is 2.25. The van der Waals surface area contributed by atoms with Crippen molar-refractivity contribution in [1.82, 2.24) is 30.5 Å². The number of aryl methyl sites for hydroxylation is 1. The Bertz CT molecular complexity index is 556. The first-order valence-corrected chi connectivity index (χ1v) is 6.63. The first-order valence-electron chi connectivity index (χ1n) is 5.87. The third-order valence-corrected chi connectivity index (χ3v) is 3.06. The predicted molar refractivity (Wildman–Crippen MR) is 73.2 cm³/mol. The Morgan fingerprint density at radius 2 is 2.21 bits per heavy atom. The topological polar surface area (TPSA) is 68.5 Å². The van der Waals surface area contributed by atoms with Gasteiger partial charge < -0.3 is 5.32 Å². The molecule has 6 nitrogen and oxygen atoms in total. The van der Waals surface area contributed by atoms with Crippen molar-refractivity contribution in [3.8, 4) is 0 Å². The second-order valence-electron chi connectivity index (χ2n) is 4.03. The van der Waals surface area contributed by atoms with Crippen LogP contribution in [0, 0.1) is 0 Å². The first-order chi connectivity index (χ1) is 9.10. The van der Waals surface area contributed by atoms with Crippen molar-refractivity contribution in [2.24, 2.45) is 7.05 Å². The average molecular weight is 301 g/mol. The summed E-state index contributed by atoms with van der Waals surface area (Å²) in [6.07, 6.45) is 2.15. The van der Waals surface area contributed by atoms with Crippen molar-refractivity contribution in [3.63, 3.8) is 0 Å². The molecule has 2 heterocycles. The van der Waals surface area contributed by atoms with Gasteiger partial charge in [0.2, 0.25) is 0 Å². The van der Waals surface area contributed by atoms with Crippen LogP contribution in [0.4, 0.5) is 0 Å². The summed E-state index contributed by atoms with van der Waals surface area (Å²) in [5, 5.41) is 16.3. The number of hydrogen-bond donors (Lipinski definition) is 1. The molecule has 0 radical (unpaired) electrons. The summed E-state index contributed by atoms with van der Waals surface area (Å²) in [6, 6.07) is 1.61. The van der Waals surface area contributed by atoms with Gasteiger partial charge in [0.15, 0.2) is 5.82 Å². The van der Waals surface area contributed by atoms with E-state index in [1.54, 1.807) is 19.3 Å². The van der Waals surface area contributed by atoms with Crippen LogP contribution in [0.15, 0.2) is 12.3 Å². The van der Waals surface area contributed by atoms with E-state index in [-0.39, 0.29) is 6.04 Å². The fourth-order valence-corrected chi connectivity index (χ4v) is 2.29. The molecule has 0 aliphatic carbocycles. The minimum Gasteiger partial charge on any atom is -0.308 e. The van der Waals surface area contributed by atoms with Crippen LogP contribution in [-0.2, 0) is 13.5 Å². The van der Waals surface area contributed by atoms with Crippen LogP contribution in [0.1, 0.15) is 24.5 Å². The minimum absolute atomic E-state index is 0.0704. The van der Waals surface area contributed by atoms with Gasteiger partial charge in [-0.1, -0.05) is 30.1 Å². The first kappa shape index (κ1) is 14.2. The molecule has 8 heteroatoms. The number of nitrogens with zero attached hydrogens (tertiary/aromatic N) is 5. The Kier molecular flexibility index (Phi) is 4.68. The summed E-state index contributed by atoms with van der Waals surface area (Å²) in [5.74, 6) is 0.640. The molecule has 1 atom stereocenters. The van der Waals surface area contributed by atoms with Crippen LogP contribution in [0.25, 0.3) is 0 Å². The molecule has 1 unspecified atom stereocenters. The second kappa shape index (κ2) is 6.27. The summed E-state index contributed by atoms with van der Waals surface area (Å²) in [4.78, 5) is 5.72. The van der Waals surface area contributed by atoms with Crippen molar-refractivity contribution in [2.75, 3.05) is 6.54 Å². The fourth-order valence-electron chi connectivity index (χ4n) is 1.78. The molecule has 0 aromatic carbocycles. The summed E-state index contributed by atoms with van der Waals surface area (Å²) in [5.41, 5.74) is 0.736. The van der Waals surface area contributed by atoms with Gasteiger partial charge in [-0.15, -0.1) is 10.2 Å². The van der Waals surface area contributed by atoms with Gasteiger partial charge in [0, 0.05) is 12.6 Å². The third kappa shape index (κ3) is 3.62. The van der Waals surface area contributed by atoms with Gasteiger partial charge in [-0.2, -0.15) is 4.80 Å². The molecule has 1 N–H and O–H groups in total. The Labute approximate surface area is 121 Å². The van der Waals surface area contributed by atoms with E-state index in [2.05, 4.69) is 25.7 Å². The van der Waals surface area contributed by atoms with Crippen LogP contribution in [0.5, 0.6) is 0 Å². The van der Waals surface area contributed by atoms with Gasteiger partial charge in [0.1, 0.15) is 0 Å². The van der Waals surface area contributed by atoms with Crippen LogP contribution in [0.3, 0.4) is 0 Å². The molecule has 0 fully saturated rings. The molecule has 0 saturated carbocycles. The van der Waals surface area contributed by atoms with Gasteiger partial charge in [0.25, 0.3) is 0 Å². The molecule has 102 valence electrons. The number of halogens is 2. The molecule has 2 rings (SSSR count). The van der Waals surface area contributed by atoms with Gasteiger partial charge in [0.05, 0.1) is 28.8 Å². The van der Waals surface area contributed by atoms with Crippen molar-refractivity contribution in [2.45, 2.75) is 19.4 Å². The lowest BCUT2D eigenvalue weighted by molar-refractivity contribution is 0.523. The zero-order valence-electron chi connectivity index (χ0n) is 10.6. The number of rotatable bonds is 5. The number of pyridine rings is 1. The molecule has 0 aliphatic heterocycles. The highest BCUT2D eigenvalue weighted by molar-refractivity contribution is 6.34. The maximum atomic E-state index is 6.18. The summed E-state index contributed by atoms with van der Waals surface area (Å²) in [7, 11) is 1.73. The van der Waals surface area contributed by atoms with Gasteiger partial charge >= 0.3 is 0 Å². The standard InChI is InChI=1S/C11H14Cl2N6/c1-3-14-9(5-10-16-18-19(2)17-10)11-8(13)4-7(12)6-15-11/h4,6,9,14H,3,5H2,1-2H3. The molecule has 2 aromatic heterocycles. The van der Waals surface area contributed by atoms with E-state index in [0.717, 1.165) is 12.2 Å². The molecule has 0 spiro atoms. The lowest BCUT2D eigenvalue weighted by Crippen LogP contribution is -2.24. The molecular weight excluding hydrogens is 287 g/mol. The van der Waals surface area contributed by atoms with Gasteiger partial charge in [-0.05, 0) is 17.8 Å². The van der Waals surface area contributed by atoms with Gasteiger partial charge in [-0.25, -0.2) is 0 Å². The normalized spacial score (nSPS) is 12.6. The molecule has 0 aliphatic rings. The number of nitrogens with one attached hydrogen (secondary N) is 1. The predicted octanol–water partition coefficient (Wildman–Crippen LogP) is 1.81. The van der Waals surface area contributed by atoms with E-state index in [1.165, 1.54) is 4.80 Å². The Balaban J connectivity index is 2.23. The Morgan fingerprint density at radius 1 is 1.42 bits per heavy atom. The summed E-state index contributed by atoms with van der Waals surface area (Å²) >= 11 is 12.0. The van der Waals surface area contributed by atoms with Crippen LogP contribution in [-0.4, -0.2) is 31.7 Å². The fraction of sp³-hybridized carbons (Fsp3) is 0.455. The zero-order chi connectivity index (χ0) is 13.8. The third-order valence-electron chi connectivity index (χ3n) is 2.55. The maximum absolute atomic E-state index is 6.18. The zero-order valence-corrected chi connectivity index (χ0v) is 12.2. The Hall–Kier alpha value is -1.24. The van der Waals surface area contributed by atoms with E-state index >= 15 is 0 Å². The number of tetrazole rings is 1. The van der Waals surface area contributed by atoms with Crippen molar-refractivity contribution >= 4 is 23.2 Å². The monoisotopic (exact) mass is 300 g/mol. The summed E-state index contributed by atoms with van der Waals surface area (Å²) in [6.45, 7) is 2.80. The van der Waals surface area contributed by atoms with Crippen molar-refractivity contribution in [1.29, 1.82) is 0 Å². The Morgan fingerprint density at radius 3 is 2.79 bits per heavy atom. The summed E-state index contributed by atoms with van der Waals surface area (Å²) < 4.78 is 0. The van der Waals surface area contributed by atoms with E-state index < -0.39 is 0 Å². The van der Waals surface area contributed by atoms with Crippen LogP contribution in [0.2, 0.25) is 10.0 Å². The van der Waals surface area contributed by atoms with Crippen LogP contribution >= 0.6 is 23.2 Å². The molecule has 0 bridgehead atoms. The maximum Gasteiger partial charge on any atom is 0.176 e. The van der Waals surface area contributed by atoms with E-state index in [9.17, 15) is 0 Å². The number of likely N-dealkylation sites (N-methyl/N-ethyl adjacent to an activating group) is 1. The van der Waals surface area contributed by atoms with E-state index in [1.807, 2.05) is 6.92 Å². The number of aromatic nitrogens is 5. The average Bonchev–Trinajstić information content (AvgIpc) is 2.74. The molecule has 0 amide bonds. The van der Waals surface area contributed by atoms with Crippen molar-refractivity contribution in [3.05, 3.63) is 33.8 Å². The SMILES string of the molecule is CCNC(Cc1nnn(C)n1)c1ncc(Cl)cc1Cl. The van der Waals surface area contributed by atoms with Crippen LogP contribution < -0.4 is 5.32 Å². The quantitative estimate of drug-likeness (QED) is 0.912. The largest absolute Gasteiger partial charge is 0.308 e. The number of hydrogen-bond acceptors (Lipinski definition) is 5. The van der Waals surface area contributed by atoms with Gasteiger partial charge in [-0.3, -0.25) is 4.98 Å². The van der Waals surface area contributed by atoms with Crippen molar-refractivity contribution < 1.29 is 0 Å². The molecule has 2 aromatic rings. The molecular formula is C11H14Cl2N6.